The molecule has 1 aliphatic heterocycles. The van der Waals surface area contributed by atoms with E-state index in [2.05, 4.69) is 0 Å². The normalized spacial score (nSPS) is 17.8. The second-order valence-corrected chi connectivity index (χ2v) is 4.52. The van der Waals surface area contributed by atoms with Crippen LogP contribution in [-0.4, -0.2) is 26.3 Å². The second kappa shape index (κ2) is 5.22. The SMILES string of the molecule is Cc1cc(OC2CCOCC2)ccc1[B-](F)(F)F. The highest BCUT2D eigenvalue weighted by Gasteiger charge is 2.27. The van der Waals surface area contributed by atoms with Gasteiger partial charge >= 0.3 is 6.98 Å². The van der Waals surface area contributed by atoms with E-state index in [1.54, 1.807) is 0 Å². The highest BCUT2D eigenvalue weighted by Crippen LogP contribution is 2.20. The maximum absolute atomic E-state index is 12.6. The molecular weight excluding hydrogens is 244 g/mol. The quantitative estimate of drug-likeness (QED) is 0.777. The third-order valence-corrected chi connectivity index (χ3v) is 3.06. The number of hydrogen-bond donors (Lipinski definition) is 0. The van der Waals surface area contributed by atoms with E-state index in [0.29, 0.717) is 19.0 Å². The second-order valence-electron chi connectivity index (χ2n) is 4.52. The van der Waals surface area contributed by atoms with Gasteiger partial charge in [-0.25, -0.2) is 0 Å². The van der Waals surface area contributed by atoms with Crippen molar-refractivity contribution in [3.63, 3.8) is 0 Å². The molecular formula is C12H15BF3O2-. The van der Waals surface area contributed by atoms with E-state index in [4.69, 9.17) is 9.47 Å². The van der Waals surface area contributed by atoms with Gasteiger partial charge in [0.2, 0.25) is 0 Å². The fourth-order valence-electron chi connectivity index (χ4n) is 2.08. The maximum Gasteiger partial charge on any atom is 0.509 e. The Morgan fingerprint density at radius 1 is 1.22 bits per heavy atom. The summed E-state index contributed by atoms with van der Waals surface area (Å²) in [5.41, 5.74) is -0.332. The molecule has 0 radical (unpaired) electrons. The van der Waals surface area contributed by atoms with Crippen molar-refractivity contribution in [2.75, 3.05) is 13.2 Å². The van der Waals surface area contributed by atoms with E-state index in [0.717, 1.165) is 18.9 Å². The summed E-state index contributed by atoms with van der Waals surface area (Å²) in [5, 5.41) is 0. The lowest BCUT2D eigenvalue weighted by molar-refractivity contribution is 0.0255. The summed E-state index contributed by atoms with van der Waals surface area (Å²) in [5.74, 6) is 0.503. The standard InChI is InChI=1S/C12H15BF3O2/c1-9-8-11(2-3-12(9)13(14,15)16)18-10-4-6-17-7-5-10/h2-3,8,10H,4-7H2,1H3/q-1. The Morgan fingerprint density at radius 2 is 1.89 bits per heavy atom. The first-order valence-electron chi connectivity index (χ1n) is 6.02. The number of ether oxygens (including phenoxy) is 2. The fraction of sp³-hybridized carbons (Fsp3) is 0.500. The van der Waals surface area contributed by atoms with Crippen LogP contribution in [0.1, 0.15) is 18.4 Å². The molecule has 18 heavy (non-hydrogen) atoms. The zero-order valence-corrected chi connectivity index (χ0v) is 10.2. The summed E-state index contributed by atoms with van der Waals surface area (Å²) >= 11 is 0. The fourth-order valence-corrected chi connectivity index (χ4v) is 2.08. The van der Waals surface area contributed by atoms with Gasteiger partial charge in [-0.1, -0.05) is 11.6 Å². The molecule has 0 spiro atoms. The largest absolute Gasteiger partial charge is 0.509 e. The molecule has 1 aliphatic rings. The molecule has 1 heterocycles. The van der Waals surface area contributed by atoms with Crippen LogP contribution in [0, 0.1) is 6.92 Å². The lowest BCUT2D eigenvalue weighted by atomic mass is 9.77. The van der Waals surface area contributed by atoms with Crippen LogP contribution in [0.2, 0.25) is 0 Å². The van der Waals surface area contributed by atoms with Gasteiger partial charge < -0.3 is 22.4 Å². The summed E-state index contributed by atoms with van der Waals surface area (Å²) in [7, 11) is 0. The first-order chi connectivity index (χ1) is 8.47. The van der Waals surface area contributed by atoms with Crippen molar-refractivity contribution in [3.05, 3.63) is 23.8 Å². The van der Waals surface area contributed by atoms with Crippen molar-refractivity contribution in [2.24, 2.45) is 0 Å². The molecule has 2 nitrogen and oxygen atoms in total. The smallest absolute Gasteiger partial charge is 0.490 e. The molecule has 0 atom stereocenters. The van der Waals surface area contributed by atoms with Gasteiger partial charge in [0.25, 0.3) is 0 Å². The number of benzene rings is 1. The summed E-state index contributed by atoms with van der Waals surface area (Å²) in [6, 6.07) is 3.96. The van der Waals surface area contributed by atoms with E-state index in [-0.39, 0.29) is 11.7 Å². The predicted octanol–water partition coefficient (Wildman–Crippen LogP) is 2.61. The lowest BCUT2D eigenvalue weighted by Crippen LogP contribution is -2.36. The lowest BCUT2D eigenvalue weighted by Gasteiger charge is -2.24. The zero-order valence-electron chi connectivity index (χ0n) is 10.2. The molecule has 0 amide bonds. The topological polar surface area (TPSA) is 18.5 Å². The van der Waals surface area contributed by atoms with Crippen molar-refractivity contribution in [2.45, 2.75) is 25.9 Å². The Hall–Kier alpha value is -1.17. The van der Waals surface area contributed by atoms with Gasteiger partial charge in [0.1, 0.15) is 11.9 Å². The summed E-state index contributed by atoms with van der Waals surface area (Å²) in [6.07, 6.45) is 1.61. The van der Waals surface area contributed by atoms with Gasteiger partial charge in [-0.2, -0.15) is 0 Å². The molecule has 0 aromatic heterocycles. The van der Waals surface area contributed by atoms with Crippen LogP contribution in [-0.2, 0) is 4.74 Å². The maximum atomic E-state index is 12.6. The van der Waals surface area contributed by atoms with E-state index >= 15 is 0 Å². The van der Waals surface area contributed by atoms with E-state index < -0.39 is 12.4 Å². The van der Waals surface area contributed by atoms with Crippen LogP contribution in [0.25, 0.3) is 0 Å². The first kappa shape index (κ1) is 13.3. The average molecular weight is 259 g/mol. The molecule has 1 fully saturated rings. The monoisotopic (exact) mass is 259 g/mol. The Morgan fingerprint density at radius 3 is 2.44 bits per heavy atom. The molecule has 100 valence electrons. The molecule has 1 aromatic rings. The highest BCUT2D eigenvalue weighted by molar-refractivity contribution is 6.74. The number of rotatable bonds is 3. The Kier molecular flexibility index (Phi) is 3.85. The van der Waals surface area contributed by atoms with Gasteiger partial charge in [-0.3, -0.25) is 0 Å². The third-order valence-electron chi connectivity index (χ3n) is 3.06. The van der Waals surface area contributed by atoms with Crippen LogP contribution in [0.3, 0.4) is 0 Å². The molecule has 1 saturated heterocycles. The Bertz CT molecular complexity index is 414. The van der Waals surface area contributed by atoms with Crippen molar-refractivity contribution in [3.8, 4) is 5.75 Å². The van der Waals surface area contributed by atoms with Crippen LogP contribution >= 0.6 is 0 Å². The molecule has 1 aromatic carbocycles. The van der Waals surface area contributed by atoms with Gasteiger partial charge in [0, 0.05) is 12.8 Å². The number of halogens is 3. The van der Waals surface area contributed by atoms with Gasteiger partial charge in [-0.05, 0) is 19.1 Å². The zero-order chi connectivity index (χ0) is 13.2. The van der Waals surface area contributed by atoms with E-state index in [1.807, 2.05) is 0 Å². The minimum absolute atomic E-state index is 0.0420. The molecule has 0 aliphatic carbocycles. The van der Waals surface area contributed by atoms with Gasteiger partial charge in [-0.15, -0.1) is 5.46 Å². The van der Waals surface area contributed by atoms with Crippen molar-refractivity contribution in [1.29, 1.82) is 0 Å². The number of hydrogen-bond acceptors (Lipinski definition) is 2. The summed E-state index contributed by atoms with van der Waals surface area (Å²) in [6.45, 7) is -2.19. The minimum atomic E-state index is -4.95. The van der Waals surface area contributed by atoms with Crippen molar-refractivity contribution in [1.82, 2.24) is 0 Å². The van der Waals surface area contributed by atoms with Gasteiger partial charge in [0.05, 0.1) is 13.2 Å². The molecule has 0 N–H and O–H groups in total. The van der Waals surface area contributed by atoms with Crippen molar-refractivity contribution >= 4 is 12.4 Å². The predicted molar refractivity (Wildman–Crippen MR) is 64.4 cm³/mol. The van der Waals surface area contributed by atoms with Crippen LogP contribution in [0.4, 0.5) is 12.9 Å². The summed E-state index contributed by atoms with van der Waals surface area (Å²) in [4.78, 5) is 0. The number of aryl methyl sites for hydroxylation is 1. The van der Waals surface area contributed by atoms with E-state index in [9.17, 15) is 12.9 Å². The average Bonchev–Trinajstić information content (AvgIpc) is 2.28. The van der Waals surface area contributed by atoms with Crippen molar-refractivity contribution < 1.29 is 22.4 Å². The molecule has 2 rings (SSSR count). The van der Waals surface area contributed by atoms with Crippen LogP contribution in [0.5, 0.6) is 5.75 Å². The Balaban J connectivity index is 2.08. The van der Waals surface area contributed by atoms with Crippen LogP contribution in [0.15, 0.2) is 18.2 Å². The third kappa shape index (κ3) is 3.19. The molecule has 6 heteroatoms. The minimum Gasteiger partial charge on any atom is -0.490 e. The molecule has 0 bridgehead atoms. The molecule has 0 unspecified atom stereocenters. The summed E-state index contributed by atoms with van der Waals surface area (Å²) < 4.78 is 48.8. The van der Waals surface area contributed by atoms with Gasteiger partial charge in [0.15, 0.2) is 0 Å². The van der Waals surface area contributed by atoms with Crippen LogP contribution < -0.4 is 10.2 Å². The van der Waals surface area contributed by atoms with E-state index in [1.165, 1.54) is 19.1 Å². The Labute approximate surface area is 104 Å². The highest BCUT2D eigenvalue weighted by atomic mass is 19.4. The first-order valence-corrected chi connectivity index (χ1v) is 6.02. The molecule has 0 saturated carbocycles.